The molecule has 0 aromatic rings. The van der Waals surface area contributed by atoms with Crippen molar-refractivity contribution in [3.8, 4) is 0 Å². The molecular weight excluding hydrogens is 176 g/mol. The summed E-state index contributed by atoms with van der Waals surface area (Å²) in [6, 6.07) is 0. The number of carbonyl (C=O) groups excluding carboxylic acids is 1. The highest BCUT2D eigenvalue weighted by Gasteiger charge is 2.50. The van der Waals surface area contributed by atoms with Crippen LogP contribution >= 0.6 is 0 Å². The lowest BCUT2D eigenvalue weighted by atomic mass is 9.70. The molecule has 0 N–H and O–H groups in total. The van der Waals surface area contributed by atoms with Crippen molar-refractivity contribution in [3.05, 3.63) is 0 Å². The lowest BCUT2D eigenvalue weighted by molar-refractivity contribution is -0.136. The van der Waals surface area contributed by atoms with Crippen molar-refractivity contribution in [1.29, 1.82) is 0 Å². The van der Waals surface area contributed by atoms with Crippen LogP contribution in [0.4, 0.5) is 0 Å². The van der Waals surface area contributed by atoms with Crippen LogP contribution in [-0.4, -0.2) is 19.5 Å². The molecule has 0 heterocycles. The molecule has 0 amide bonds. The van der Waals surface area contributed by atoms with Crippen molar-refractivity contribution in [2.24, 2.45) is 17.3 Å². The first-order valence-corrected chi connectivity index (χ1v) is 5.61. The van der Waals surface area contributed by atoms with Crippen molar-refractivity contribution < 1.29 is 9.53 Å². The maximum atomic E-state index is 12.1. The van der Waals surface area contributed by atoms with Gasteiger partial charge in [0.2, 0.25) is 0 Å². The molecule has 14 heavy (non-hydrogen) atoms. The van der Waals surface area contributed by atoms with Crippen molar-refractivity contribution in [3.63, 3.8) is 0 Å². The summed E-state index contributed by atoms with van der Waals surface area (Å²) in [7, 11) is 1.70. The smallest absolute Gasteiger partial charge is 0.141 e. The van der Waals surface area contributed by atoms with Gasteiger partial charge in [-0.15, -0.1) is 0 Å². The summed E-state index contributed by atoms with van der Waals surface area (Å²) in [5.74, 6) is 1.34. The van der Waals surface area contributed by atoms with Gasteiger partial charge in [0, 0.05) is 13.5 Å². The molecule has 82 valence electrons. The summed E-state index contributed by atoms with van der Waals surface area (Å²) in [4.78, 5) is 12.1. The van der Waals surface area contributed by atoms with Gasteiger partial charge in [-0.25, -0.2) is 0 Å². The van der Waals surface area contributed by atoms with Crippen LogP contribution in [0.2, 0.25) is 0 Å². The zero-order chi connectivity index (χ0) is 10.8. The summed E-state index contributed by atoms with van der Waals surface area (Å²) < 4.78 is 5.27. The van der Waals surface area contributed by atoms with Crippen LogP contribution in [0, 0.1) is 17.3 Å². The molecule has 0 aromatic carbocycles. The molecule has 0 radical (unpaired) electrons. The number of methoxy groups -OCH3 is 1. The Morgan fingerprint density at radius 3 is 2.21 bits per heavy atom. The van der Waals surface area contributed by atoms with Crippen LogP contribution in [0.3, 0.4) is 0 Å². The third-order valence-electron chi connectivity index (χ3n) is 4.01. The summed E-state index contributed by atoms with van der Waals surface area (Å²) in [6.45, 7) is 6.94. The van der Waals surface area contributed by atoms with Crippen LogP contribution in [0.15, 0.2) is 0 Å². The van der Waals surface area contributed by atoms with Crippen molar-refractivity contribution in [2.45, 2.75) is 40.0 Å². The summed E-state index contributed by atoms with van der Waals surface area (Å²) in [5, 5.41) is 0. The highest BCUT2D eigenvalue weighted by molar-refractivity contribution is 5.85. The number of carbonyl (C=O) groups is 1. The van der Waals surface area contributed by atoms with E-state index in [9.17, 15) is 4.79 Å². The van der Waals surface area contributed by atoms with Gasteiger partial charge in [-0.05, 0) is 24.7 Å². The monoisotopic (exact) mass is 198 g/mol. The van der Waals surface area contributed by atoms with E-state index in [1.807, 2.05) is 6.92 Å². The zero-order valence-corrected chi connectivity index (χ0v) is 9.80. The Bertz CT molecular complexity index is 200. The molecule has 1 rings (SSSR count). The van der Waals surface area contributed by atoms with E-state index < -0.39 is 0 Å². The molecule has 2 atom stereocenters. The van der Waals surface area contributed by atoms with Gasteiger partial charge in [-0.2, -0.15) is 0 Å². The Hall–Kier alpha value is -0.370. The second-order valence-electron chi connectivity index (χ2n) is 4.63. The molecule has 1 saturated carbocycles. The van der Waals surface area contributed by atoms with Crippen molar-refractivity contribution >= 4 is 5.78 Å². The predicted octanol–water partition coefficient (Wildman–Crippen LogP) is 2.66. The third kappa shape index (κ3) is 1.60. The Morgan fingerprint density at radius 1 is 1.36 bits per heavy atom. The molecule has 0 bridgehead atoms. The van der Waals surface area contributed by atoms with E-state index in [4.69, 9.17) is 4.74 Å². The van der Waals surface area contributed by atoms with E-state index in [0.29, 0.717) is 30.6 Å². The highest BCUT2D eigenvalue weighted by Crippen LogP contribution is 2.48. The van der Waals surface area contributed by atoms with Crippen LogP contribution in [0.25, 0.3) is 0 Å². The molecule has 0 aromatic heterocycles. The van der Waals surface area contributed by atoms with E-state index in [1.54, 1.807) is 7.11 Å². The van der Waals surface area contributed by atoms with E-state index in [1.165, 1.54) is 0 Å². The number of hydrogen-bond donors (Lipinski definition) is 0. The zero-order valence-electron chi connectivity index (χ0n) is 9.80. The van der Waals surface area contributed by atoms with Crippen LogP contribution in [0.5, 0.6) is 0 Å². The maximum Gasteiger partial charge on any atom is 0.141 e. The highest BCUT2D eigenvalue weighted by atomic mass is 16.5. The van der Waals surface area contributed by atoms with Gasteiger partial charge >= 0.3 is 0 Å². The second kappa shape index (κ2) is 4.43. The molecule has 0 saturated heterocycles. The van der Waals surface area contributed by atoms with Gasteiger partial charge in [0.25, 0.3) is 0 Å². The summed E-state index contributed by atoms with van der Waals surface area (Å²) in [5.41, 5.74) is -0.191. The number of hydrogen-bond acceptors (Lipinski definition) is 2. The minimum atomic E-state index is -0.191. The molecule has 1 fully saturated rings. The van der Waals surface area contributed by atoms with Crippen molar-refractivity contribution in [2.75, 3.05) is 13.7 Å². The van der Waals surface area contributed by atoms with E-state index in [-0.39, 0.29) is 5.41 Å². The number of Topliss-reactive ketones (excluding diaryl/α,β-unsaturated/α-hetero) is 1. The molecule has 1 aliphatic rings. The van der Waals surface area contributed by atoms with Gasteiger partial charge in [-0.3, -0.25) is 4.79 Å². The second-order valence-corrected chi connectivity index (χ2v) is 4.63. The van der Waals surface area contributed by atoms with Gasteiger partial charge < -0.3 is 4.74 Å². The lowest BCUT2D eigenvalue weighted by Crippen LogP contribution is -2.42. The first-order valence-electron chi connectivity index (χ1n) is 5.61. The molecule has 2 nitrogen and oxygen atoms in total. The van der Waals surface area contributed by atoms with E-state index in [0.717, 1.165) is 12.8 Å². The van der Waals surface area contributed by atoms with E-state index in [2.05, 4.69) is 13.8 Å². The Labute approximate surface area is 87.0 Å². The average molecular weight is 198 g/mol. The summed E-state index contributed by atoms with van der Waals surface area (Å²) in [6.07, 6.45) is 2.96. The minimum absolute atomic E-state index is 0.191. The van der Waals surface area contributed by atoms with Crippen LogP contribution in [0.1, 0.15) is 40.0 Å². The number of ether oxygens (including phenoxy) is 1. The first-order chi connectivity index (χ1) is 6.59. The third-order valence-corrected chi connectivity index (χ3v) is 4.01. The lowest BCUT2D eigenvalue weighted by Gasteiger charge is -2.35. The fourth-order valence-electron chi connectivity index (χ4n) is 2.98. The number of rotatable bonds is 4. The fraction of sp³-hybridized carbons (Fsp3) is 0.917. The molecule has 0 spiro atoms. The maximum absolute atomic E-state index is 12.1. The molecule has 2 heteroatoms. The Kier molecular flexibility index (Phi) is 3.71. The van der Waals surface area contributed by atoms with Gasteiger partial charge in [0.1, 0.15) is 5.78 Å². The Balaban J connectivity index is 2.94. The van der Waals surface area contributed by atoms with Gasteiger partial charge in [-0.1, -0.05) is 20.8 Å². The fourth-order valence-corrected chi connectivity index (χ4v) is 2.98. The SMILES string of the molecule is CCC(=O)C1(COC)C(C)CCC1C. The van der Waals surface area contributed by atoms with Crippen LogP contribution in [-0.2, 0) is 9.53 Å². The molecule has 2 unspecified atom stereocenters. The predicted molar refractivity (Wildman–Crippen MR) is 57.2 cm³/mol. The minimum Gasteiger partial charge on any atom is -0.384 e. The average Bonchev–Trinajstić information content (AvgIpc) is 2.46. The first kappa shape index (κ1) is 11.7. The van der Waals surface area contributed by atoms with Crippen molar-refractivity contribution in [1.82, 2.24) is 0 Å². The largest absolute Gasteiger partial charge is 0.384 e. The van der Waals surface area contributed by atoms with Crippen LogP contribution < -0.4 is 0 Å². The van der Waals surface area contributed by atoms with Gasteiger partial charge in [0.05, 0.1) is 12.0 Å². The normalized spacial score (nSPS) is 37.4. The number of ketones is 1. The molecule has 0 aliphatic heterocycles. The standard InChI is InChI=1S/C12H22O2/c1-5-11(13)12(8-14-4)9(2)6-7-10(12)3/h9-10H,5-8H2,1-4H3. The Morgan fingerprint density at radius 2 is 1.86 bits per heavy atom. The molecule has 1 aliphatic carbocycles. The quantitative estimate of drug-likeness (QED) is 0.694. The molecular formula is C12H22O2. The van der Waals surface area contributed by atoms with E-state index >= 15 is 0 Å². The topological polar surface area (TPSA) is 26.3 Å². The van der Waals surface area contributed by atoms with Gasteiger partial charge in [0.15, 0.2) is 0 Å². The summed E-state index contributed by atoms with van der Waals surface area (Å²) >= 11 is 0.